The Hall–Kier alpha value is -10.7. The quantitative estimate of drug-likeness (QED) is 0.159. The maximum absolute atomic E-state index is 13.2. The summed E-state index contributed by atoms with van der Waals surface area (Å²) in [5.74, 6) is 0.972. The summed E-state index contributed by atoms with van der Waals surface area (Å²) in [6, 6.07) is 78.4. The lowest BCUT2D eigenvalue weighted by molar-refractivity contribution is 0.938. The zero-order chi connectivity index (χ0) is 58.4. The maximum Gasteiger partial charge on any atom is 0.167 e. The third kappa shape index (κ3) is 7.69. The molecule has 0 amide bonds. The number of aromatic nitrogens is 6. The summed E-state index contributed by atoms with van der Waals surface area (Å²) < 4.78 is 7.42. The van der Waals surface area contributed by atoms with Crippen molar-refractivity contribution in [2.45, 2.75) is 61.3 Å². The highest BCUT2D eigenvalue weighted by Gasteiger charge is 2.41. The fourth-order valence-corrected chi connectivity index (χ4v) is 14.2. The first-order valence-electron chi connectivity index (χ1n) is 29.7. The van der Waals surface area contributed by atoms with E-state index in [1.165, 1.54) is 44.5 Å². The number of fused-ring (bicyclic) bond motifs is 12. The van der Waals surface area contributed by atoms with Crippen molar-refractivity contribution in [3.8, 4) is 68.4 Å². The Bertz CT molecular complexity index is 5170. The van der Waals surface area contributed by atoms with Crippen LogP contribution < -0.4 is 0 Å². The van der Waals surface area contributed by atoms with E-state index in [0.717, 1.165) is 121 Å². The number of nitriles is 1. The normalized spacial score (nSPS) is 12.4. The molecule has 0 fully saturated rings. The van der Waals surface area contributed by atoms with Gasteiger partial charge in [-0.2, -0.15) is 5.26 Å². The second-order valence-corrected chi connectivity index (χ2v) is 24.1. The van der Waals surface area contributed by atoms with Gasteiger partial charge >= 0.3 is 0 Å². The zero-order valence-corrected chi connectivity index (χ0v) is 49.3. The van der Waals surface area contributed by atoms with Crippen molar-refractivity contribution in [3.05, 3.63) is 273 Å². The molecule has 86 heavy (non-hydrogen) atoms. The molecule has 0 unspecified atom stereocenters. The Morgan fingerprint density at radius 2 is 0.628 bits per heavy atom. The molecule has 4 heterocycles. The van der Waals surface area contributed by atoms with Gasteiger partial charge in [0, 0.05) is 54.9 Å². The van der Waals surface area contributed by atoms with E-state index < -0.39 is 5.92 Å². The first-order valence-corrected chi connectivity index (χ1v) is 29.7. The average Bonchev–Trinajstić information content (AvgIpc) is 1.44. The first-order chi connectivity index (χ1) is 41.9. The van der Waals surface area contributed by atoms with Crippen LogP contribution in [0.4, 0.5) is 0 Å². The molecule has 11 aromatic carbocycles. The largest absolute Gasteiger partial charge is 0.307 e. The molecular weight excluding hydrogens is 1050 g/mol. The second kappa shape index (κ2) is 19.2. The van der Waals surface area contributed by atoms with Gasteiger partial charge in [0.05, 0.1) is 61.3 Å². The van der Waals surface area contributed by atoms with Crippen molar-refractivity contribution in [1.82, 2.24) is 28.7 Å². The van der Waals surface area contributed by atoms with Crippen LogP contribution in [0.25, 0.3) is 128 Å². The summed E-state index contributed by atoms with van der Waals surface area (Å²) in [6.07, 6.45) is 0. The Morgan fingerprint density at radius 3 is 0.977 bits per heavy atom. The van der Waals surface area contributed by atoms with Gasteiger partial charge in [0.25, 0.3) is 0 Å². The lowest BCUT2D eigenvalue weighted by Gasteiger charge is -2.31. The Balaban J connectivity index is 1.26. The highest BCUT2D eigenvalue weighted by atomic mass is 15.1. The number of hydrogen-bond acceptors (Lipinski definition) is 4. The summed E-state index contributed by atoms with van der Waals surface area (Å²) >= 11 is 0. The molecule has 1 aliphatic carbocycles. The number of hydrogen-bond donors (Lipinski definition) is 0. The minimum Gasteiger partial charge on any atom is -0.307 e. The van der Waals surface area contributed by atoms with Gasteiger partial charge in [-0.15, -0.1) is 0 Å². The van der Waals surface area contributed by atoms with Crippen LogP contribution in [0.3, 0.4) is 0 Å². The molecule has 0 radical (unpaired) electrons. The molecule has 0 saturated carbocycles. The molecule has 16 rings (SSSR count). The SMILES string of the molecule is Cc1ccc2c(c1)-c1cc(C)ccc1C2c1c(-n2c3ccc(C)cc3c3cc(C)ccc32)c(C#N)c(-c2nc(-c3ccccc3)nc(-c3ccccc3)n2)c(-n2c3ccc(C)cc3c3cc(C)ccc32)c1-n1c2ccc(C)cc2c2cc(C)ccc21. The molecule has 7 heteroatoms. The van der Waals surface area contributed by atoms with Crippen LogP contribution >= 0.6 is 0 Å². The van der Waals surface area contributed by atoms with E-state index in [2.05, 4.69) is 245 Å². The van der Waals surface area contributed by atoms with Gasteiger partial charge in [0.1, 0.15) is 6.07 Å². The van der Waals surface area contributed by atoms with Gasteiger partial charge < -0.3 is 13.7 Å². The number of benzene rings is 11. The predicted molar refractivity (Wildman–Crippen MR) is 355 cm³/mol. The van der Waals surface area contributed by atoms with E-state index in [0.29, 0.717) is 28.6 Å². The van der Waals surface area contributed by atoms with E-state index in [9.17, 15) is 5.26 Å². The van der Waals surface area contributed by atoms with Gasteiger partial charge in [-0.25, -0.2) is 15.0 Å². The molecule has 0 saturated heterocycles. The molecule has 1 aliphatic rings. The lowest BCUT2D eigenvalue weighted by atomic mass is 9.82. The first kappa shape index (κ1) is 51.0. The molecule has 410 valence electrons. The van der Waals surface area contributed by atoms with Crippen molar-refractivity contribution in [1.29, 1.82) is 5.26 Å². The lowest BCUT2D eigenvalue weighted by Crippen LogP contribution is -2.19. The van der Waals surface area contributed by atoms with E-state index in [-0.39, 0.29) is 0 Å². The van der Waals surface area contributed by atoms with Gasteiger partial charge in [-0.3, -0.25) is 0 Å². The van der Waals surface area contributed by atoms with Gasteiger partial charge in [-0.05, 0) is 150 Å². The molecular formula is C79H59N7. The van der Waals surface area contributed by atoms with Crippen LogP contribution in [0.15, 0.2) is 206 Å². The third-order valence-electron chi connectivity index (χ3n) is 18.0. The van der Waals surface area contributed by atoms with Crippen LogP contribution in [-0.2, 0) is 0 Å². The zero-order valence-electron chi connectivity index (χ0n) is 49.3. The molecule has 0 spiro atoms. The molecule has 0 bridgehead atoms. The third-order valence-corrected chi connectivity index (χ3v) is 18.0. The minimum absolute atomic E-state index is 0.380. The number of aryl methyl sites for hydroxylation is 8. The maximum atomic E-state index is 13.2. The van der Waals surface area contributed by atoms with Crippen LogP contribution in [0.2, 0.25) is 0 Å². The van der Waals surface area contributed by atoms with E-state index in [4.69, 9.17) is 15.0 Å². The highest BCUT2D eigenvalue weighted by Crippen LogP contribution is 2.57. The molecule has 4 aromatic heterocycles. The Labute approximate surface area is 499 Å². The fraction of sp³-hybridized carbons (Fsp3) is 0.114. The van der Waals surface area contributed by atoms with Crippen LogP contribution in [0.1, 0.15) is 72.7 Å². The van der Waals surface area contributed by atoms with Crippen LogP contribution in [-0.4, -0.2) is 28.7 Å². The van der Waals surface area contributed by atoms with Gasteiger partial charge in [0.15, 0.2) is 17.5 Å². The van der Waals surface area contributed by atoms with Crippen molar-refractivity contribution >= 4 is 65.4 Å². The predicted octanol–water partition coefficient (Wildman–Crippen LogP) is 19.7. The van der Waals surface area contributed by atoms with Crippen molar-refractivity contribution < 1.29 is 0 Å². The Kier molecular flexibility index (Phi) is 11.4. The van der Waals surface area contributed by atoms with E-state index >= 15 is 0 Å². The molecule has 0 N–H and O–H groups in total. The van der Waals surface area contributed by atoms with Crippen LogP contribution in [0.5, 0.6) is 0 Å². The summed E-state index contributed by atoms with van der Waals surface area (Å²) in [6.45, 7) is 17.4. The van der Waals surface area contributed by atoms with Crippen molar-refractivity contribution in [2.24, 2.45) is 0 Å². The summed E-state index contributed by atoms with van der Waals surface area (Å²) in [4.78, 5) is 16.8. The van der Waals surface area contributed by atoms with Crippen LogP contribution in [0, 0.1) is 66.7 Å². The molecule has 0 atom stereocenters. The molecule has 7 nitrogen and oxygen atoms in total. The monoisotopic (exact) mass is 1110 g/mol. The Morgan fingerprint density at radius 1 is 0.326 bits per heavy atom. The van der Waals surface area contributed by atoms with E-state index in [1.807, 2.05) is 36.4 Å². The fourth-order valence-electron chi connectivity index (χ4n) is 14.2. The second-order valence-electron chi connectivity index (χ2n) is 24.1. The van der Waals surface area contributed by atoms with Crippen molar-refractivity contribution in [3.63, 3.8) is 0 Å². The summed E-state index contributed by atoms with van der Waals surface area (Å²) in [5, 5.41) is 19.9. The summed E-state index contributed by atoms with van der Waals surface area (Å²) in [5.41, 5.74) is 26.3. The molecule has 15 aromatic rings. The van der Waals surface area contributed by atoms with Gasteiger partial charge in [0.2, 0.25) is 0 Å². The summed E-state index contributed by atoms with van der Waals surface area (Å²) in [7, 11) is 0. The van der Waals surface area contributed by atoms with Crippen molar-refractivity contribution in [2.75, 3.05) is 0 Å². The standard InChI is InChI=1S/C79H59N7/c1-44-19-27-54-56(35-44)57-36-45(2)20-28-55(57)71(54)73-74(84-65-29-21-46(3)37-58(65)59-38-47(4)22-30-66(59)84)64(43-80)72(79-82-77(52-15-11-9-12-16-52)81-78(83-79)53-17-13-10-14-18-53)75(85-67-31-23-48(5)39-60(67)61-40-49(6)24-32-68(61)85)76(73)86-69-33-25-50(7)41-62(69)63-42-51(8)26-34-70(63)86/h9-42,71H,1-8H3. The van der Waals surface area contributed by atoms with E-state index in [1.54, 1.807) is 0 Å². The number of nitrogens with zero attached hydrogens (tertiary/aromatic N) is 7. The molecule has 0 aliphatic heterocycles. The smallest absolute Gasteiger partial charge is 0.167 e. The minimum atomic E-state index is -0.409. The number of rotatable bonds is 7. The van der Waals surface area contributed by atoms with Gasteiger partial charge in [-0.1, -0.05) is 178 Å². The average molecular weight is 1110 g/mol. The highest BCUT2D eigenvalue weighted by molar-refractivity contribution is 6.15. The topological polar surface area (TPSA) is 77.2 Å².